The van der Waals surface area contributed by atoms with E-state index in [4.69, 9.17) is 49.3 Å². The molecule has 0 saturated heterocycles. The summed E-state index contributed by atoms with van der Waals surface area (Å²) in [4.78, 5) is 32.6. The molecule has 4 aromatic rings. The zero-order valence-electron chi connectivity index (χ0n) is 39.6. The second-order valence-corrected chi connectivity index (χ2v) is 29.9. The maximum atomic E-state index is 13.2. The van der Waals surface area contributed by atoms with Gasteiger partial charge in [0, 0.05) is 79.2 Å². The first-order valence-electron chi connectivity index (χ1n) is 21.3. The van der Waals surface area contributed by atoms with E-state index < -0.39 is 28.1 Å². The molecular formula is C48H72N6O11S2Si2. The molecule has 4 rings (SSSR count). The van der Waals surface area contributed by atoms with Crippen LogP contribution in [0.2, 0.25) is 51.4 Å². The van der Waals surface area contributed by atoms with E-state index in [9.17, 15) is 14.7 Å². The van der Waals surface area contributed by atoms with Crippen molar-refractivity contribution in [1.82, 2.24) is 0 Å². The lowest BCUT2D eigenvalue weighted by Crippen LogP contribution is -2.23. The third kappa shape index (κ3) is 26.3. The van der Waals surface area contributed by atoms with Gasteiger partial charge in [0.15, 0.2) is 13.6 Å². The van der Waals surface area contributed by atoms with Gasteiger partial charge in [-0.25, -0.2) is 9.59 Å². The van der Waals surface area contributed by atoms with Crippen molar-refractivity contribution < 1.29 is 53.0 Å². The highest BCUT2D eigenvalue weighted by Gasteiger charge is 2.25. The molecule has 21 heteroatoms. The number of aromatic carboxylic acids is 1. The number of aliphatic hydroxyl groups excluding tert-OH is 1. The summed E-state index contributed by atoms with van der Waals surface area (Å²) in [6, 6.07) is 28.0. The third-order valence-electron chi connectivity index (χ3n) is 8.77. The van der Waals surface area contributed by atoms with Crippen LogP contribution in [0.25, 0.3) is 20.9 Å². The number of carboxylic acids is 1. The average molecular weight is 1030 g/mol. The monoisotopic (exact) mass is 1030 g/mol. The first kappa shape index (κ1) is 63.7. The Kier molecular flexibility index (Phi) is 33.0. The minimum atomic E-state index is -1.37. The molecule has 0 radical (unpaired) electrons. The van der Waals surface area contributed by atoms with Crippen molar-refractivity contribution in [3.63, 3.8) is 0 Å². The predicted molar refractivity (Wildman–Crippen MR) is 283 cm³/mol. The Morgan fingerprint density at radius 3 is 1.36 bits per heavy atom. The molecule has 0 aliphatic carbocycles. The van der Waals surface area contributed by atoms with E-state index in [-0.39, 0.29) is 66.1 Å². The van der Waals surface area contributed by atoms with Gasteiger partial charge >= 0.3 is 11.9 Å². The van der Waals surface area contributed by atoms with Crippen LogP contribution in [0.4, 0.5) is 0 Å². The highest BCUT2D eigenvalue weighted by molar-refractivity contribution is 7.98. The molecule has 380 valence electrons. The summed E-state index contributed by atoms with van der Waals surface area (Å²) >= 11 is 3.06. The highest BCUT2D eigenvalue weighted by atomic mass is 32.2. The van der Waals surface area contributed by atoms with Crippen LogP contribution in [0.1, 0.15) is 46.7 Å². The molecule has 2 N–H and O–H groups in total. The number of hydrogen-bond acceptors (Lipinski definition) is 14. The fourth-order valence-electron chi connectivity index (χ4n) is 5.40. The molecule has 0 aliphatic rings. The normalized spacial score (nSPS) is 10.4. The van der Waals surface area contributed by atoms with E-state index in [0.29, 0.717) is 58.7 Å². The molecule has 0 spiro atoms. The number of nitrogens with zero attached hydrogens (tertiary/aromatic N) is 6. The molecule has 17 nitrogen and oxygen atoms in total. The number of carboxylic acid groups (broad SMARTS) is 1. The smallest absolute Gasteiger partial charge is 0.342 e. The number of carbonyl (C=O) groups excluding carboxylic acids is 1. The Hall–Kier alpha value is -5.35. The molecule has 69 heavy (non-hydrogen) atoms. The standard InChI is InChI=1S/C23H31N3O5SSi.C18H19N3O5S.C5H14OSi.2CH4/c1-28-17-31-21-11-10-20(29-13-12-25-26-24)19(16-32-18-8-6-5-7-9-18)22(21)23(27)30-14-15-33(2,3)4;1-24-12-26-16-8-7-15(25-10-9-20-21-19)14(17(16)18(22)23)11-27-13-5-3-2-4-6-13;1-7(2,3)5-4-6;;/h5-11H,12-17H2,1-4H3;2-8H,9-12H2,1H3,(H,22,23);6H,4-5H2,1-3H3;2*1H4. The van der Waals surface area contributed by atoms with E-state index in [1.165, 1.54) is 32.0 Å². The Balaban J connectivity index is 0.00000116. The predicted octanol–water partition coefficient (Wildman–Crippen LogP) is 13.1. The van der Waals surface area contributed by atoms with Crippen LogP contribution in [-0.4, -0.2) is 106 Å². The fraction of sp³-hybridized carbons (Fsp3) is 0.458. The number of hydrogen-bond donors (Lipinski definition) is 2. The number of thioether (sulfide) groups is 2. The summed E-state index contributed by atoms with van der Waals surface area (Å²) in [6.07, 6.45) is 0. The van der Waals surface area contributed by atoms with Crippen molar-refractivity contribution in [3.05, 3.63) is 128 Å². The van der Waals surface area contributed by atoms with Crippen molar-refractivity contribution >= 4 is 51.6 Å². The van der Waals surface area contributed by atoms with E-state index in [1.54, 1.807) is 30.0 Å². The van der Waals surface area contributed by atoms with Crippen LogP contribution in [0.3, 0.4) is 0 Å². The quantitative estimate of drug-likeness (QED) is 0.00827. The molecule has 0 saturated carbocycles. The summed E-state index contributed by atoms with van der Waals surface area (Å²) in [7, 11) is 0.704. The summed E-state index contributed by atoms with van der Waals surface area (Å²) in [5.41, 5.74) is 18.4. The van der Waals surface area contributed by atoms with Gasteiger partial charge in [-0.2, -0.15) is 0 Å². The zero-order valence-corrected chi connectivity index (χ0v) is 43.3. The number of benzene rings is 4. The molecule has 0 bridgehead atoms. The van der Waals surface area contributed by atoms with Gasteiger partial charge in [-0.05, 0) is 71.7 Å². The van der Waals surface area contributed by atoms with Crippen molar-refractivity contribution in [2.75, 3.05) is 67.3 Å². The average Bonchev–Trinajstić information content (AvgIpc) is 3.29. The molecular weight excluding hydrogens is 957 g/mol. The van der Waals surface area contributed by atoms with Gasteiger partial charge < -0.3 is 43.4 Å². The summed E-state index contributed by atoms with van der Waals surface area (Å²) < 4.78 is 38.2. The molecule has 0 atom stereocenters. The number of ether oxygens (including phenoxy) is 7. The molecule has 0 fully saturated rings. The van der Waals surface area contributed by atoms with E-state index in [2.05, 4.69) is 59.3 Å². The zero-order chi connectivity index (χ0) is 49.5. The number of aliphatic hydroxyl groups is 1. The van der Waals surface area contributed by atoms with Gasteiger partial charge in [0.1, 0.15) is 34.1 Å². The Bertz CT molecular complexity index is 2190. The number of azide groups is 2. The molecule has 4 aromatic carbocycles. The Labute approximate surface area is 418 Å². The highest BCUT2D eigenvalue weighted by Crippen LogP contribution is 2.38. The van der Waals surface area contributed by atoms with E-state index >= 15 is 0 Å². The second kappa shape index (κ2) is 35.7. The van der Waals surface area contributed by atoms with E-state index in [0.717, 1.165) is 21.9 Å². The minimum Gasteiger partial charge on any atom is -0.493 e. The van der Waals surface area contributed by atoms with Gasteiger partial charge in [-0.15, -0.1) is 23.5 Å². The molecule has 0 aromatic heterocycles. The van der Waals surface area contributed by atoms with Gasteiger partial charge in [0.2, 0.25) is 0 Å². The molecule has 0 aliphatic heterocycles. The van der Waals surface area contributed by atoms with Gasteiger partial charge in [-0.1, -0.05) is 101 Å². The van der Waals surface area contributed by atoms with Crippen molar-refractivity contribution in [3.8, 4) is 23.0 Å². The maximum Gasteiger partial charge on any atom is 0.342 e. The summed E-state index contributed by atoms with van der Waals surface area (Å²) in [6.45, 7) is 14.8. The Morgan fingerprint density at radius 2 is 1.00 bits per heavy atom. The molecule has 0 amide bonds. The number of carbonyl (C=O) groups is 2. The molecule has 0 heterocycles. The fourth-order valence-corrected chi connectivity index (χ4v) is 8.68. The first-order chi connectivity index (χ1) is 32.1. The van der Waals surface area contributed by atoms with Crippen molar-refractivity contribution in [1.29, 1.82) is 0 Å². The van der Waals surface area contributed by atoms with Crippen LogP contribution < -0.4 is 18.9 Å². The van der Waals surface area contributed by atoms with Gasteiger partial charge in [0.05, 0.1) is 32.9 Å². The maximum absolute atomic E-state index is 13.2. The number of esters is 1. The van der Waals surface area contributed by atoms with Crippen LogP contribution >= 0.6 is 23.5 Å². The summed E-state index contributed by atoms with van der Waals surface area (Å²) in [5, 5.41) is 25.1. The van der Waals surface area contributed by atoms with Gasteiger partial charge in [-0.3, -0.25) is 0 Å². The Morgan fingerprint density at radius 1 is 0.594 bits per heavy atom. The van der Waals surface area contributed by atoms with Crippen molar-refractivity contribution in [2.24, 2.45) is 10.2 Å². The first-order valence-corrected chi connectivity index (χ1v) is 30.7. The minimum absolute atomic E-state index is 0. The van der Waals surface area contributed by atoms with Gasteiger partial charge in [0.25, 0.3) is 0 Å². The largest absolute Gasteiger partial charge is 0.493 e. The SMILES string of the molecule is C.C.COCOc1ccc(OCCN=[N+]=[N-])c(CSc2ccccc2)c1C(=O)O.COCOc1ccc(OCCN=[N+]=[N-])c(CSc2ccccc2)c1C(=O)OCC[Si](C)(C)C.C[Si](C)(C)CCO. The van der Waals surface area contributed by atoms with Crippen molar-refractivity contribution in [2.45, 2.75) is 87.5 Å². The van der Waals surface area contributed by atoms with Crippen LogP contribution in [-0.2, 0) is 25.7 Å². The van der Waals surface area contributed by atoms with Crippen LogP contribution in [0.5, 0.6) is 23.0 Å². The third-order valence-corrected chi connectivity index (χ3v) is 14.3. The van der Waals surface area contributed by atoms with Crippen LogP contribution in [0.15, 0.2) is 105 Å². The lowest BCUT2D eigenvalue weighted by Gasteiger charge is -2.20. The van der Waals surface area contributed by atoms with Crippen LogP contribution in [0, 0.1) is 0 Å². The summed E-state index contributed by atoms with van der Waals surface area (Å²) in [5.74, 6) is 0.767. The van der Waals surface area contributed by atoms with E-state index in [1.807, 2.05) is 60.7 Å². The lowest BCUT2D eigenvalue weighted by molar-refractivity contribution is 0.0434. The molecule has 0 unspecified atom stereocenters. The lowest BCUT2D eigenvalue weighted by atomic mass is 10.1. The number of methoxy groups -OCH3 is 2. The topological polar surface area (TPSA) is 237 Å². The number of rotatable bonds is 27. The second-order valence-electron chi connectivity index (χ2n) is 16.5.